The highest BCUT2D eigenvalue weighted by Crippen LogP contribution is 2.42. The van der Waals surface area contributed by atoms with E-state index in [-0.39, 0.29) is 25.5 Å². The van der Waals surface area contributed by atoms with Gasteiger partial charge in [-0.3, -0.25) is 9.59 Å². The maximum Gasteiger partial charge on any atom is 0.408 e. The fourth-order valence-electron chi connectivity index (χ4n) is 3.88. The van der Waals surface area contributed by atoms with Crippen molar-refractivity contribution in [2.45, 2.75) is 78.2 Å². The van der Waals surface area contributed by atoms with E-state index in [0.29, 0.717) is 0 Å². The molecule has 9 heteroatoms. The minimum atomic E-state index is -0.905. The van der Waals surface area contributed by atoms with Crippen molar-refractivity contribution in [1.82, 2.24) is 10.2 Å². The Morgan fingerprint density at radius 2 is 1.56 bits per heavy atom. The van der Waals surface area contributed by atoms with Crippen LogP contribution >= 0.6 is 0 Å². The van der Waals surface area contributed by atoms with Crippen molar-refractivity contribution in [3.8, 4) is 0 Å². The SMILES string of the molecule is CC(=O)OCC1CC(C(=O)OC(C)(C)C)N(C(=O)CNC(=O)OC(C)(C)C)C1c1ccccc1. The maximum atomic E-state index is 13.4. The van der Waals surface area contributed by atoms with Gasteiger partial charge in [0.15, 0.2) is 0 Å². The number of esters is 2. The van der Waals surface area contributed by atoms with E-state index in [1.807, 2.05) is 30.3 Å². The molecule has 1 aromatic rings. The van der Waals surface area contributed by atoms with Crippen LogP contribution in [0.25, 0.3) is 0 Å². The lowest BCUT2D eigenvalue weighted by molar-refractivity contribution is -0.164. The maximum absolute atomic E-state index is 13.4. The zero-order valence-electron chi connectivity index (χ0n) is 21.0. The van der Waals surface area contributed by atoms with Crippen LogP contribution in [0.2, 0.25) is 0 Å². The second-order valence-electron chi connectivity index (χ2n) is 10.4. The van der Waals surface area contributed by atoms with E-state index in [9.17, 15) is 19.2 Å². The van der Waals surface area contributed by atoms with Gasteiger partial charge in [-0.2, -0.15) is 0 Å². The first-order chi connectivity index (χ1) is 15.7. The molecule has 0 aliphatic carbocycles. The number of benzene rings is 1. The van der Waals surface area contributed by atoms with Gasteiger partial charge in [-0.1, -0.05) is 30.3 Å². The molecule has 1 aromatic carbocycles. The molecule has 1 fully saturated rings. The third-order valence-electron chi connectivity index (χ3n) is 5.00. The molecule has 0 radical (unpaired) electrons. The summed E-state index contributed by atoms with van der Waals surface area (Å²) in [5, 5.41) is 2.47. The number of likely N-dealkylation sites (tertiary alicyclic amines) is 1. The van der Waals surface area contributed by atoms with Gasteiger partial charge in [-0.05, 0) is 53.5 Å². The van der Waals surface area contributed by atoms with Crippen LogP contribution in [0.3, 0.4) is 0 Å². The number of nitrogens with zero attached hydrogens (tertiary/aromatic N) is 1. The zero-order valence-corrected chi connectivity index (χ0v) is 21.0. The Kier molecular flexibility index (Phi) is 8.69. The van der Waals surface area contributed by atoms with Crippen LogP contribution in [-0.4, -0.2) is 59.2 Å². The Balaban J connectivity index is 2.37. The second-order valence-corrected chi connectivity index (χ2v) is 10.4. The van der Waals surface area contributed by atoms with E-state index in [2.05, 4.69) is 5.32 Å². The van der Waals surface area contributed by atoms with Crippen molar-refractivity contribution in [3.63, 3.8) is 0 Å². The van der Waals surface area contributed by atoms with Crippen molar-refractivity contribution in [2.75, 3.05) is 13.2 Å². The molecule has 0 saturated carbocycles. The molecule has 0 aromatic heterocycles. The van der Waals surface area contributed by atoms with Crippen molar-refractivity contribution in [3.05, 3.63) is 35.9 Å². The van der Waals surface area contributed by atoms with Gasteiger partial charge in [0.25, 0.3) is 0 Å². The Morgan fingerprint density at radius 1 is 0.971 bits per heavy atom. The molecular formula is C25H36N2O7. The summed E-state index contributed by atoms with van der Waals surface area (Å²) in [6.07, 6.45) is -0.485. The topological polar surface area (TPSA) is 111 Å². The van der Waals surface area contributed by atoms with E-state index in [1.54, 1.807) is 41.5 Å². The molecule has 0 bridgehead atoms. The molecule has 2 rings (SSSR count). The molecule has 1 aliphatic heterocycles. The summed E-state index contributed by atoms with van der Waals surface area (Å²) >= 11 is 0. The number of carbonyl (C=O) groups excluding carboxylic acids is 4. The summed E-state index contributed by atoms with van der Waals surface area (Å²) in [4.78, 5) is 51.6. The van der Waals surface area contributed by atoms with Crippen LogP contribution in [-0.2, 0) is 28.6 Å². The lowest BCUT2D eigenvalue weighted by atomic mass is 9.93. The summed E-state index contributed by atoms with van der Waals surface area (Å²) in [6.45, 7) is 11.4. The molecule has 188 valence electrons. The van der Waals surface area contributed by atoms with Gasteiger partial charge in [-0.25, -0.2) is 9.59 Å². The summed E-state index contributed by atoms with van der Waals surface area (Å²) in [7, 11) is 0. The summed E-state index contributed by atoms with van der Waals surface area (Å²) < 4.78 is 16.1. The average molecular weight is 477 g/mol. The molecule has 1 saturated heterocycles. The Bertz CT molecular complexity index is 887. The van der Waals surface area contributed by atoms with E-state index < -0.39 is 47.2 Å². The number of rotatable bonds is 6. The smallest absolute Gasteiger partial charge is 0.408 e. The van der Waals surface area contributed by atoms with Crippen LogP contribution in [0, 0.1) is 5.92 Å². The van der Waals surface area contributed by atoms with Gasteiger partial charge < -0.3 is 24.4 Å². The number of nitrogens with one attached hydrogen (secondary N) is 1. The summed E-state index contributed by atoms with van der Waals surface area (Å²) in [5.74, 6) is -1.81. The number of hydrogen-bond donors (Lipinski definition) is 1. The van der Waals surface area contributed by atoms with Gasteiger partial charge in [0, 0.05) is 12.8 Å². The number of amides is 2. The van der Waals surface area contributed by atoms with Crippen LogP contribution in [0.5, 0.6) is 0 Å². The third-order valence-corrected chi connectivity index (χ3v) is 5.00. The molecule has 3 unspecified atom stereocenters. The monoisotopic (exact) mass is 476 g/mol. The minimum absolute atomic E-state index is 0.0392. The van der Waals surface area contributed by atoms with E-state index in [1.165, 1.54) is 11.8 Å². The van der Waals surface area contributed by atoms with Gasteiger partial charge in [0.05, 0.1) is 12.6 Å². The first-order valence-electron chi connectivity index (χ1n) is 11.4. The molecule has 3 atom stereocenters. The molecule has 34 heavy (non-hydrogen) atoms. The number of carbonyl (C=O) groups is 4. The fraction of sp³-hybridized carbons (Fsp3) is 0.600. The summed E-state index contributed by atoms with van der Waals surface area (Å²) in [6, 6.07) is 7.76. The van der Waals surface area contributed by atoms with E-state index >= 15 is 0 Å². The van der Waals surface area contributed by atoms with Crippen molar-refractivity contribution in [1.29, 1.82) is 0 Å². The predicted octanol–water partition coefficient (Wildman–Crippen LogP) is 3.37. The Morgan fingerprint density at radius 3 is 2.09 bits per heavy atom. The van der Waals surface area contributed by atoms with Crippen molar-refractivity contribution >= 4 is 23.9 Å². The number of ether oxygens (including phenoxy) is 3. The molecule has 0 spiro atoms. The fourth-order valence-corrected chi connectivity index (χ4v) is 3.88. The highest BCUT2D eigenvalue weighted by Gasteiger charge is 2.49. The van der Waals surface area contributed by atoms with Crippen molar-refractivity contribution < 1.29 is 33.4 Å². The lowest BCUT2D eigenvalue weighted by Gasteiger charge is -2.32. The number of alkyl carbamates (subject to hydrolysis) is 1. The normalized spacial score (nSPS) is 20.4. The highest BCUT2D eigenvalue weighted by molar-refractivity contribution is 5.88. The molecule has 9 nitrogen and oxygen atoms in total. The first-order valence-corrected chi connectivity index (χ1v) is 11.4. The van der Waals surface area contributed by atoms with Crippen molar-refractivity contribution in [2.24, 2.45) is 5.92 Å². The van der Waals surface area contributed by atoms with E-state index in [4.69, 9.17) is 14.2 Å². The standard InChI is InChI=1S/C25H36N2O7/c1-16(28)32-15-18-13-19(22(30)33-24(2,3)4)27(21(18)17-11-9-8-10-12-17)20(29)14-26-23(31)34-25(5,6)7/h8-12,18-19,21H,13-15H2,1-7H3,(H,26,31). The van der Waals surface area contributed by atoms with Gasteiger partial charge in [-0.15, -0.1) is 0 Å². The van der Waals surface area contributed by atoms with Crippen LogP contribution in [0.4, 0.5) is 4.79 Å². The zero-order chi connectivity index (χ0) is 25.7. The molecule has 1 N–H and O–H groups in total. The first kappa shape index (κ1) is 27.1. The van der Waals surface area contributed by atoms with E-state index in [0.717, 1.165) is 5.56 Å². The van der Waals surface area contributed by atoms with Gasteiger partial charge in [0.2, 0.25) is 5.91 Å². The quantitative estimate of drug-likeness (QED) is 0.495. The minimum Gasteiger partial charge on any atom is -0.465 e. The largest absolute Gasteiger partial charge is 0.465 e. The second kappa shape index (κ2) is 10.9. The van der Waals surface area contributed by atoms with Crippen LogP contribution in [0.15, 0.2) is 30.3 Å². The average Bonchev–Trinajstić information content (AvgIpc) is 3.08. The number of hydrogen-bond acceptors (Lipinski definition) is 7. The lowest BCUT2D eigenvalue weighted by Crippen LogP contribution is -2.48. The Labute approximate surface area is 201 Å². The predicted molar refractivity (Wildman–Crippen MR) is 125 cm³/mol. The highest BCUT2D eigenvalue weighted by atomic mass is 16.6. The van der Waals surface area contributed by atoms with Crippen LogP contribution in [0.1, 0.15) is 66.5 Å². The molecule has 1 aliphatic rings. The van der Waals surface area contributed by atoms with Gasteiger partial charge >= 0.3 is 18.0 Å². The molecule has 2 amide bonds. The molecule has 1 heterocycles. The summed E-state index contributed by atoms with van der Waals surface area (Å²) in [5.41, 5.74) is -0.686. The van der Waals surface area contributed by atoms with Crippen LogP contribution < -0.4 is 5.32 Å². The third kappa shape index (κ3) is 8.04. The molecular weight excluding hydrogens is 440 g/mol. The van der Waals surface area contributed by atoms with Gasteiger partial charge in [0.1, 0.15) is 23.8 Å². The Hall–Kier alpha value is -3.10.